The summed E-state index contributed by atoms with van der Waals surface area (Å²) in [5.74, 6) is 0.510. The molecule has 1 N–H and O–H groups in total. The van der Waals surface area contributed by atoms with Crippen molar-refractivity contribution in [1.29, 1.82) is 0 Å². The number of hydrogen-bond donors (Lipinski definition) is 1. The number of rotatable bonds is 5. The van der Waals surface area contributed by atoms with Gasteiger partial charge in [-0.25, -0.2) is 0 Å². The minimum atomic E-state index is -3.18. The second-order valence-electron chi connectivity index (χ2n) is 2.96. The third-order valence-corrected chi connectivity index (χ3v) is 3.05. The summed E-state index contributed by atoms with van der Waals surface area (Å²) in [6.07, 6.45) is 1.51. The van der Waals surface area contributed by atoms with Gasteiger partial charge in [-0.05, 0) is 19.1 Å². The van der Waals surface area contributed by atoms with E-state index in [0.717, 1.165) is 5.56 Å². The van der Waals surface area contributed by atoms with Crippen molar-refractivity contribution in [1.82, 2.24) is 0 Å². The van der Waals surface area contributed by atoms with Crippen LogP contribution in [0.15, 0.2) is 36.9 Å². The molecule has 0 spiro atoms. The molecule has 15 heavy (non-hydrogen) atoms. The summed E-state index contributed by atoms with van der Waals surface area (Å²) in [6, 6.07) is 7.23. The molecule has 1 aromatic rings. The maximum absolute atomic E-state index is 9.60. The fourth-order valence-electron chi connectivity index (χ4n) is 0.906. The number of aryl methyl sites for hydroxylation is 1. The highest BCUT2D eigenvalue weighted by Crippen LogP contribution is 2.43. The molecule has 0 bridgehead atoms. The Morgan fingerprint density at radius 3 is 2.60 bits per heavy atom. The van der Waals surface area contributed by atoms with E-state index in [1.165, 1.54) is 6.08 Å². The second-order valence-corrected chi connectivity index (χ2v) is 5.72. The lowest BCUT2D eigenvalue weighted by Crippen LogP contribution is -1.96. The summed E-state index contributed by atoms with van der Waals surface area (Å²) in [4.78, 5) is 9.60. The van der Waals surface area contributed by atoms with Gasteiger partial charge in [-0.3, -0.25) is 4.52 Å². The van der Waals surface area contributed by atoms with E-state index in [2.05, 4.69) is 6.58 Å². The van der Waals surface area contributed by atoms with E-state index >= 15 is 0 Å². The predicted octanol–water partition coefficient (Wildman–Crippen LogP) is 2.79. The van der Waals surface area contributed by atoms with Crippen LogP contribution < -0.4 is 4.52 Å². The fourth-order valence-corrected chi connectivity index (χ4v) is 2.08. The summed E-state index contributed by atoms with van der Waals surface area (Å²) >= 11 is 4.80. The SMILES string of the molecule is C=CCOP(O)(=S)Oc1ccc(C)cc1. The van der Waals surface area contributed by atoms with Crippen molar-refractivity contribution in [2.24, 2.45) is 0 Å². The average molecular weight is 244 g/mol. The highest BCUT2D eigenvalue weighted by molar-refractivity contribution is 8.07. The van der Waals surface area contributed by atoms with Gasteiger partial charge in [0.1, 0.15) is 5.75 Å². The molecule has 82 valence electrons. The van der Waals surface area contributed by atoms with Crippen LogP contribution in [-0.4, -0.2) is 11.5 Å². The van der Waals surface area contributed by atoms with Crippen LogP contribution in [0.4, 0.5) is 0 Å². The van der Waals surface area contributed by atoms with E-state index in [0.29, 0.717) is 5.75 Å². The molecule has 0 aromatic heterocycles. The maximum atomic E-state index is 9.60. The van der Waals surface area contributed by atoms with Gasteiger partial charge in [-0.15, -0.1) is 6.58 Å². The highest BCUT2D eigenvalue weighted by Gasteiger charge is 2.15. The van der Waals surface area contributed by atoms with Gasteiger partial charge >= 0.3 is 6.72 Å². The molecule has 1 unspecified atom stereocenters. The molecule has 0 aliphatic carbocycles. The molecule has 0 fully saturated rings. The van der Waals surface area contributed by atoms with Crippen molar-refractivity contribution >= 4 is 18.5 Å². The van der Waals surface area contributed by atoms with E-state index in [1.54, 1.807) is 12.1 Å². The summed E-state index contributed by atoms with van der Waals surface area (Å²) in [5.41, 5.74) is 1.11. The topological polar surface area (TPSA) is 38.7 Å². The third-order valence-electron chi connectivity index (χ3n) is 1.60. The maximum Gasteiger partial charge on any atom is 0.378 e. The number of hydrogen-bond acceptors (Lipinski definition) is 3. The van der Waals surface area contributed by atoms with Gasteiger partial charge in [0.15, 0.2) is 0 Å². The lowest BCUT2D eigenvalue weighted by atomic mass is 10.2. The fraction of sp³-hybridized carbons (Fsp3) is 0.200. The van der Waals surface area contributed by atoms with Crippen molar-refractivity contribution in [3.63, 3.8) is 0 Å². The summed E-state index contributed by atoms with van der Waals surface area (Å²) in [6.45, 7) is 2.42. The second kappa shape index (κ2) is 5.42. The van der Waals surface area contributed by atoms with Crippen LogP contribution in [0.1, 0.15) is 5.56 Å². The summed E-state index contributed by atoms with van der Waals surface area (Å²) in [7, 11) is 0. The standard InChI is InChI=1S/C10H13O3PS/c1-3-8-12-14(11,15)13-10-6-4-9(2)5-7-10/h3-7H,1,8H2,2H3,(H,11,15). The Balaban J connectivity index is 2.64. The Kier molecular flexibility index (Phi) is 4.48. The van der Waals surface area contributed by atoms with Crippen molar-refractivity contribution < 1.29 is 13.9 Å². The first-order valence-electron chi connectivity index (χ1n) is 4.38. The molecule has 1 aromatic carbocycles. The molecular weight excluding hydrogens is 231 g/mol. The summed E-state index contributed by atoms with van der Waals surface area (Å²) < 4.78 is 10.1. The first-order valence-corrected chi connectivity index (χ1v) is 6.97. The smallest absolute Gasteiger partial charge is 0.378 e. The first-order chi connectivity index (χ1) is 7.03. The van der Waals surface area contributed by atoms with Crippen molar-refractivity contribution in [2.75, 3.05) is 6.61 Å². The Hall–Kier alpha value is -0.670. The predicted molar refractivity (Wildman–Crippen MR) is 64.5 cm³/mol. The summed E-state index contributed by atoms with van der Waals surface area (Å²) in [5, 5.41) is 0. The van der Waals surface area contributed by atoms with Gasteiger partial charge in [-0.1, -0.05) is 23.8 Å². The molecule has 1 atom stereocenters. The first kappa shape index (κ1) is 12.4. The van der Waals surface area contributed by atoms with Gasteiger partial charge in [0, 0.05) is 11.8 Å². The lowest BCUT2D eigenvalue weighted by molar-refractivity contribution is 0.284. The molecule has 0 saturated heterocycles. The Bertz CT molecular complexity index is 375. The van der Waals surface area contributed by atoms with E-state index in [1.807, 2.05) is 19.1 Å². The molecule has 0 radical (unpaired) electrons. The lowest BCUT2D eigenvalue weighted by Gasteiger charge is -2.15. The van der Waals surface area contributed by atoms with E-state index < -0.39 is 6.72 Å². The van der Waals surface area contributed by atoms with Crippen LogP contribution in [0.25, 0.3) is 0 Å². The zero-order chi connectivity index (χ0) is 11.3. The largest absolute Gasteiger partial charge is 0.424 e. The zero-order valence-electron chi connectivity index (χ0n) is 8.42. The average Bonchev–Trinajstić information content (AvgIpc) is 2.18. The minimum absolute atomic E-state index is 0.180. The van der Waals surface area contributed by atoms with Crippen LogP contribution in [0.3, 0.4) is 0 Å². The van der Waals surface area contributed by atoms with Crippen LogP contribution in [-0.2, 0) is 16.3 Å². The van der Waals surface area contributed by atoms with Crippen molar-refractivity contribution in [3.05, 3.63) is 42.5 Å². The van der Waals surface area contributed by atoms with Crippen molar-refractivity contribution in [3.8, 4) is 5.75 Å². The Morgan fingerprint density at radius 1 is 1.47 bits per heavy atom. The monoisotopic (exact) mass is 244 g/mol. The van der Waals surface area contributed by atoms with Gasteiger partial charge in [0.05, 0.1) is 6.61 Å². The molecule has 0 heterocycles. The van der Waals surface area contributed by atoms with Gasteiger partial charge < -0.3 is 9.42 Å². The van der Waals surface area contributed by atoms with Crippen LogP contribution in [0.5, 0.6) is 5.75 Å². The molecule has 0 saturated carbocycles. The van der Waals surface area contributed by atoms with E-state index in [4.69, 9.17) is 20.9 Å². The Labute approximate surface area is 94.6 Å². The van der Waals surface area contributed by atoms with Crippen molar-refractivity contribution in [2.45, 2.75) is 6.92 Å². The molecule has 1 rings (SSSR count). The highest BCUT2D eigenvalue weighted by atomic mass is 32.5. The third kappa shape index (κ3) is 4.58. The molecule has 0 aliphatic heterocycles. The van der Waals surface area contributed by atoms with Crippen LogP contribution >= 0.6 is 6.72 Å². The van der Waals surface area contributed by atoms with E-state index in [9.17, 15) is 4.89 Å². The van der Waals surface area contributed by atoms with Gasteiger partial charge in [0.2, 0.25) is 0 Å². The van der Waals surface area contributed by atoms with Gasteiger partial charge in [-0.2, -0.15) is 0 Å². The zero-order valence-corrected chi connectivity index (χ0v) is 10.1. The van der Waals surface area contributed by atoms with Gasteiger partial charge in [0.25, 0.3) is 0 Å². The number of benzene rings is 1. The molecule has 0 aliphatic rings. The molecular formula is C10H13O3PS. The van der Waals surface area contributed by atoms with Crippen LogP contribution in [0, 0.1) is 6.92 Å². The minimum Gasteiger partial charge on any atom is -0.424 e. The quantitative estimate of drug-likeness (QED) is 0.638. The molecule has 5 heteroatoms. The molecule has 0 amide bonds. The normalized spacial score (nSPS) is 14.3. The van der Waals surface area contributed by atoms with Crippen LogP contribution in [0.2, 0.25) is 0 Å². The molecule has 3 nitrogen and oxygen atoms in total. The Morgan fingerprint density at radius 2 is 2.07 bits per heavy atom. The van der Waals surface area contributed by atoms with E-state index in [-0.39, 0.29) is 6.61 Å².